The molecule has 30 heavy (non-hydrogen) atoms. The zero-order chi connectivity index (χ0) is 21.7. The molecule has 3 rings (SSSR count). The average Bonchev–Trinajstić information content (AvgIpc) is 2.72. The Morgan fingerprint density at radius 2 is 1.67 bits per heavy atom. The van der Waals surface area contributed by atoms with Crippen LogP contribution >= 0.6 is 0 Å². The smallest absolute Gasteiger partial charge is 0.394 e. The van der Waals surface area contributed by atoms with Crippen molar-refractivity contribution in [3.05, 3.63) is 60.4 Å². The van der Waals surface area contributed by atoms with Gasteiger partial charge in [0.1, 0.15) is 5.82 Å². The molecule has 2 heterocycles. The van der Waals surface area contributed by atoms with Gasteiger partial charge in [-0.15, -0.1) is 0 Å². The maximum Gasteiger partial charge on any atom is 0.416 e. The van der Waals surface area contributed by atoms with Gasteiger partial charge in [0.25, 0.3) is 0 Å². The highest BCUT2D eigenvalue weighted by molar-refractivity contribution is 5.67. The number of aromatic nitrogens is 3. The highest BCUT2D eigenvalue weighted by Gasteiger charge is 2.30. The Kier molecular flexibility index (Phi) is 6.51. The van der Waals surface area contributed by atoms with Crippen LogP contribution < -0.4 is 10.6 Å². The molecule has 1 aromatic carbocycles. The van der Waals surface area contributed by atoms with Crippen molar-refractivity contribution in [3.63, 3.8) is 0 Å². The maximum atomic E-state index is 12.8. The molecule has 0 saturated carbocycles. The van der Waals surface area contributed by atoms with Crippen molar-refractivity contribution in [1.82, 2.24) is 15.0 Å². The van der Waals surface area contributed by atoms with Gasteiger partial charge >= 0.3 is 6.18 Å². The van der Waals surface area contributed by atoms with Crippen LogP contribution in [0.15, 0.2) is 54.9 Å². The summed E-state index contributed by atoms with van der Waals surface area (Å²) >= 11 is 0. The summed E-state index contributed by atoms with van der Waals surface area (Å²) in [5.41, 5.74) is 1.13. The van der Waals surface area contributed by atoms with E-state index in [2.05, 4.69) is 25.6 Å². The van der Waals surface area contributed by atoms with Crippen molar-refractivity contribution < 1.29 is 18.3 Å². The van der Waals surface area contributed by atoms with Crippen LogP contribution in [0.5, 0.6) is 0 Å². The molecule has 158 valence electrons. The van der Waals surface area contributed by atoms with Crippen molar-refractivity contribution in [1.29, 1.82) is 0 Å². The first-order valence-corrected chi connectivity index (χ1v) is 9.37. The fourth-order valence-corrected chi connectivity index (χ4v) is 2.73. The van der Waals surface area contributed by atoms with Crippen LogP contribution in [-0.4, -0.2) is 32.7 Å². The van der Waals surface area contributed by atoms with E-state index >= 15 is 0 Å². The topological polar surface area (TPSA) is 83.0 Å². The Morgan fingerprint density at radius 3 is 2.23 bits per heavy atom. The lowest BCUT2D eigenvalue weighted by atomic mass is 10.1. The quantitative estimate of drug-likeness (QED) is 0.516. The van der Waals surface area contributed by atoms with Crippen LogP contribution in [-0.2, 0) is 6.18 Å². The zero-order valence-electron chi connectivity index (χ0n) is 16.5. The molecule has 6 nitrogen and oxygen atoms in total. The summed E-state index contributed by atoms with van der Waals surface area (Å²) in [6.07, 6.45) is -1.12. The Bertz CT molecular complexity index is 963. The van der Waals surface area contributed by atoms with Crippen LogP contribution in [0.1, 0.15) is 19.4 Å². The second kappa shape index (κ2) is 9.08. The second-order valence-corrected chi connectivity index (χ2v) is 7.08. The average molecular weight is 417 g/mol. The predicted octanol–water partition coefficient (Wildman–Crippen LogP) is 4.73. The van der Waals surface area contributed by atoms with Crippen molar-refractivity contribution in [2.45, 2.75) is 26.1 Å². The molecular formula is C21H22F3N5O. The van der Waals surface area contributed by atoms with Gasteiger partial charge in [0.05, 0.1) is 23.9 Å². The van der Waals surface area contributed by atoms with Gasteiger partial charge in [-0.2, -0.15) is 18.2 Å². The minimum absolute atomic E-state index is 0.0951. The Balaban J connectivity index is 1.93. The molecule has 0 amide bonds. The fraction of sp³-hybridized carbons (Fsp3) is 0.286. The normalized spacial score (nSPS) is 12.6. The summed E-state index contributed by atoms with van der Waals surface area (Å²) in [6.45, 7) is 3.83. The molecule has 0 unspecified atom stereocenters. The molecule has 3 aromatic rings. The third-order valence-corrected chi connectivity index (χ3v) is 4.50. The number of aliphatic hydroxyl groups is 1. The lowest BCUT2D eigenvalue weighted by Crippen LogP contribution is -2.30. The van der Waals surface area contributed by atoms with E-state index in [1.807, 2.05) is 13.8 Å². The van der Waals surface area contributed by atoms with E-state index < -0.39 is 11.7 Å². The van der Waals surface area contributed by atoms with E-state index in [-0.39, 0.29) is 18.6 Å². The first kappa shape index (κ1) is 21.5. The molecule has 0 aliphatic carbocycles. The molecule has 3 N–H and O–H groups in total. The summed E-state index contributed by atoms with van der Waals surface area (Å²) in [5.74, 6) is 0.834. The molecule has 2 aromatic heterocycles. The number of alkyl halides is 3. The van der Waals surface area contributed by atoms with Gasteiger partial charge in [0, 0.05) is 29.7 Å². The number of halogens is 3. The third-order valence-electron chi connectivity index (χ3n) is 4.50. The van der Waals surface area contributed by atoms with Crippen LogP contribution in [0.3, 0.4) is 0 Å². The molecular weight excluding hydrogens is 395 g/mol. The molecule has 9 heteroatoms. The van der Waals surface area contributed by atoms with Crippen LogP contribution in [0.25, 0.3) is 11.3 Å². The minimum Gasteiger partial charge on any atom is -0.394 e. The first-order chi connectivity index (χ1) is 14.3. The van der Waals surface area contributed by atoms with Gasteiger partial charge < -0.3 is 15.7 Å². The number of hydrogen-bond acceptors (Lipinski definition) is 6. The van der Waals surface area contributed by atoms with E-state index in [1.54, 1.807) is 30.6 Å². The zero-order valence-corrected chi connectivity index (χ0v) is 16.5. The summed E-state index contributed by atoms with van der Waals surface area (Å²) in [7, 11) is 0. The van der Waals surface area contributed by atoms with Gasteiger partial charge in [0.15, 0.2) is 0 Å². The summed E-state index contributed by atoms with van der Waals surface area (Å²) in [5, 5.41) is 15.7. The second-order valence-electron chi connectivity index (χ2n) is 7.08. The summed E-state index contributed by atoms with van der Waals surface area (Å²) < 4.78 is 38.4. The SMILES string of the molecule is CC(C)[C@@H](CO)Nc1nc(Nc2ccc(C(F)(F)F)cc2)cc(-c2ccncc2)n1. The van der Waals surface area contributed by atoms with Gasteiger partial charge in [-0.25, -0.2) is 4.98 Å². The standard InChI is InChI=1S/C21H22F3N5O/c1-13(2)18(12-30)28-20-27-17(14-7-9-25-10-8-14)11-19(29-20)26-16-5-3-15(4-6-16)21(22,23)24/h3-11,13,18,30H,12H2,1-2H3,(H2,26,27,28,29)/t18-/m1/s1. The van der Waals surface area contributed by atoms with Crippen LogP contribution in [0, 0.1) is 5.92 Å². The van der Waals surface area contributed by atoms with E-state index in [4.69, 9.17) is 0 Å². The number of hydrogen-bond donors (Lipinski definition) is 3. The van der Waals surface area contributed by atoms with Crippen LogP contribution in [0.4, 0.5) is 30.6 Å². The number of nitrogens with zero attached hydrogens (tertiary/aromatic N) is 3. The highest BCUT2D eigenvalue weighted by atomic mass is 19.4. The van der Waals surface area contributed by atoms with Crippen molar-refractivity contribution >= 4 is 17.5 Å². The minimum atomic E-state index is -4.39. The van der Waals surface area contributed by atoms with Gasteiger partial charge in [-0.05, 0) is 42.3 Å². The summed E-state index contributed by atoms with van der Waals surface area (Å²) in [6, 6.07) is 9.72. The number of pyridine rings is 1. The molecule has 0 saturated heterocycles. The maximum absolute atomic E-state index is 12.8. The third kappa shape index (κ3) is 5.44. The number of anilines is 3. The number of nitrogens with one attached hydrogen (secondary N) is 2. The number of rotatable bonds is 7. The number of benzene rings is 1. The lowest BCUT2D eigenvalue weighted by molar-refractivity contribution is -0.137. The molecule has 0 aliphatic heterocycles. The van der Waals surface area contributed by atoms with E-state index in [9.17, 15) is 18.3 Å². The largest absolute Gasteiger partial charge is 0.416 e. The van der Waals surface area contributed by atoms with E-state index in [0.717, 1.165) is 17.7 Å². The summed E-state index contributed by atoms with van der Waals surface area (Å²) in [4.78, 5) is 12.9. The molecule has 0 aliphatic rings. The lowest BCUT2D eigenvalue weighted by Gasteiger charge is -2.20. The Hall–Kier alpha value is -3.20. The Morgan fingerprint density at radius 1 is 1.00 bits per heavy atom. The predicted molar refractivity (Wildman–Crippen MR) is 109 cm³/mol. The van der Waals surface area contributed by atoms with Gasteiger partial charge in [0.2, 0.25) is 5.95 Å². The van der Waals surface area contributed by atoms with E-state index in [0.29, 0.717) is 23.1 Å². The van der Waals surface area contributed by atoms with Crippen molar-refractivity contribution in [3.8, 4) is 11.3 Å². The molecule has 0 bridgehead atoms. The fourth-order valence-electron chi connectivity index (χ4n) is 2.73. The Labute approximate surface area is 172 Å². The van der Waals surface area contributed by atoms with Crippen molar-refractivity contribution in [2.24, 2.45) is 5.92 Å². The highest BCUT2D eigenvalue weighted by Crippen LogP contribution is 2.30. The molecule has 0 radical (unpaired) electrons. The van der Waals surface area contributed by atoms with E-state index in [1.165, 1.54) is 12.1 Å². The monoisotopic (exact) mass is 417 g/mol. The van der Waals surface area contributed by atoms with Crippen LogP contribution in [0.2, 0.25) is 0 Å². The van der Waals surface area contributed by atoms with Gasteiger partial charge in [-0.1, -0.05) is 13.8 Å². The van der Waals surface area contributed by atoms with Crippen molar-refractivity contribution in [2.75, 3.05) is 17.2 Å². The molecule has 1 atom stereocenters. The first-order valence-electron chi connectivity index (χ1n) is 9.37. The van der Waals surface area contributed by atoms with Gasteiger partial charge in [-0.3, -0.25) is 4.98 Å². The molecule has 0 fully saturated rings. The molecule has 0 spiro atoms. The number of aliphatic hydroxyl groups excluding tert-OH is 1.